The molecule has 0 aliphatic rings. The molecular formula is C30H63N2O6P. The van der Waals surface area contributed by atoms with E-state index in [1.807, 2.05) is 21.1 Å². The zero-order valence-corrected chi connectivity index (χ0v) is 27.1. The summed E-state index contributed by atoms with van der Waals surface area (Å²) in [5.41, 5.74) is 0. The molecule has 0 radical (unpaired) electrons. The average Bonchev–Trinajstić information content (AvgIpc) is 2.85. The summed E-state index contributed by atoms with van der Waals surface area (Å²) in [5, 5.41) is 2.54. The van der Waals surface area contributed by atoms with E-state index in [1.165, 1.54) is 96.3 Å². The molecule has 9 heteroatoms. The highest BCUT2D eigenvalue weighted by molar-refractivity contribution is 7.45. The first-order chi connectivity index (χ1) is 18.6. The van der Waals surface area contributed by atoms with Gasteiger partial charge in [-0.2, -0.15) is 0 Å². The topological polar surface area (TPSA) is 96.9 Å². The van der Waals surface area contributed by atoms with Crippen LogP contribution in [0.25, 0.3) is 0 Å². The van der Waals surface area contributed by atoms with Crippen molar-refractivity contribution in [1.29, 1.82) is 0 Å². The highest BCUT2D eigenvalue weighted by Gasteiger charge is 2.21. The quantitative estimate of drug-likeness (QED) is 0.0579. The number of hydrogen-bond donors (Lipinski definition) is 1. The molecule has 0 fully saturated rings. The number of phosphoric acid groups is 1. The molecule has 0 spiro atoms. The molecule has 1 amide bonds. The Balaban J connectivity index is 3.94. The smallest absolute Gasteiger partial charge is 0.407 e. The minimum absolute atomic E-state index is 0.0490. The van der Waals surface area contributed by atoms with Crippen molar-refractivity contribution >= 4 is 13.9 Å². The fourth-order valence-electron chi connectivity index (χ4n) is 4.44. The number of carbonyl (C=O) groups excluding carboxylic acids is 1. The van der Waals surface area contributed by atoms with Crippen LogP contribution in [-0.4, -0.2) is 64.1 Å². The molecule has 39 heavy (non-hydrogen) atoms. The van der Waals surface area contributed by atoms with Crippen LogP contribution in [0.2, 0.25) is 0 Å². The van der Waals surface area contributed by atoms with Gasteiger partial charge in [0, 0.05) is 6.54 Å². The van der Waals surface area contributed by atoms with Gasteiger partial charge in [0.25, 0.3) is 7.82 Å². The first-order valence-electron chi connectivity index (χ1n) is 15.9. The number of hydrogen-bond acceptors (Lipinski definition) is 6. The van der Waals surface area contributed by atoms with Crippen molar-refractivity contribution in [2.24, 2.45) is 0 Å². The third kappa shape index (κ3) is 28.7. The van der Waals surface area contributed by atoms with Crippen molar-refractivity contribution in [3.05, 3.63) is 0 Å². The van der Waals surface area contributed by atoms with E-state index >= 15 is 0 Å². The molecule has 0 saturated heterocycles. The normalized spacial score (nSPS) is 14.2. The fourth-order valence-corrected chi connectivity index (χ4v) is 5.34. The lowest BCUT2D eigenvalue weighted by Crippen LogP contribution is -2.37. The van der Waals surface area contributed by atoms with E-state index < -0.39 is 20.0 Å². The van der Waals surface area contributed by atoms with Gasteiger partial charge in [-0.25, -0.2) is 4.79 Å². The average molecular weight is 579 g/mol. The van der Waals surface area contributed by atoms with Crippen LogP contribution in [0.15, 0.2) is 0 Å². The van der Waals surface area contributed by atoms with Gasteiger partial charge in [-0.1, -0.05) is 122 Å². The number of ether oxygens (including phenoxy) is 1. The molecule has 1 N–H and O–H groups in total. The maximum atomic E-state index is 12.3. The number of nitrogens with zero attached hydrogens (tertiary/aromatic N) is 1. The lowest BCUT2D eigenvalue weighted by atomic mass is 10.0. The predicted octanol–water partition coefficient (Wildman–Crippen LogP) is 7.74. The molecule has 0 aliphatic carbocycles. The standard InChI is InChI=1S/C30H63N2O6P/c1-6-8-9-10-11-12-13-14-15-16-17-18-19-20-21-22-23-24-25-29(28-36-30(33)31-7-2)38-39(34,35)37-27-26-32(3,4)5/h29H,6-28H2,1-5H3,(H-,31,33,34,35). The largest absolute Gasteiger partial charge is 0.756 e. The Hall–Kier alpha value is -0.660. The summed E-state index contributed by atoms with van der Waals surface area (Å²) >= 11 is 0. The maximum Gasteiger partial charge on any atom is 0.407 e. The highest BCUT2D eigenvalue weighted by Crippen LogP contribution is 2.40. The van der Waals surface area contributed by atoms with Gasteiger partial charge in [-0.15, -0.1) is 0 Å². The molecule has 0 bridgehead atoms. The Morgan fingerprint density at radius 2 is 1.21 bits per heavy atom. The Morgan fingerprint density at radius 3 is 1.62 bits per heavy atom. The Kier molecular flexibility index (Phi) is 24.7. The van der Waals surface area contributed by atoms with Crippen molar-refractivity contribution in [3.63, 3.8) is 0 Å². The van der Waals surface area contributed by atoms with E-state index in [2.05, 4.69) is 12.2 Å². The second-order valence-electron chi connectivity index (χ2n) is 11.9. The summed E-state index contributed by atoms with van der Waals surface area (Å²) in [7, 11) is 1.40. The van der Waals surface area contributed by atoms with Gasteiger partial charge in [-0.05, 0) is 13.3 Å². The lowest BCUT2D eigenvalue weighted by Gasteiger charge is -2.30. The summed E-state index contributed by atoms with van der Waals surface area (Å²) in [6.07, 6.45) is 22.5. The predicted molar refractivity (Wildman–Crippen MR) is 160 cm³/mol. The molecule has 0 rings (SSSR count). The number of alkyl carbamates (subject to hydrolysis) is 1. The Morgan fingerprint density at radius 1 is 0.769 bits per heavy atom. The van der Waals surface area contributed by atoms with Gasteiger partial charge in [0.1, 0.15) is 25.9 Å². The van der Waals surface area contributed by atoms with Gasteiger partial charge in [0.2, 0.25) is 0 Å². The van der Waals surface area contributed by atoms with Crippen molar-refractivity contribution < 1.29 is 32.5 Å². The second kappa shape index (κ2) is 25.1. The number of phosphoric ester groups is 1. The number of carbonyl (C=O) groups is 1. The number of likely N-dealkylation sites (N-methyl/N-ethyl adjacent to an activating group) is 1. The van der Waals surface area contributed by atoms with Gasteiger partial charge in [-0.3, -0.25) is 4.57 Å². The fraction of sp³-hybridized carbons (Fsp3) is 0.967. The summed E-state index contributed by atoms with van der Waals surface area (Å²) in [5.74, 6) is 0. The summed E-state index contributed by atoms with van der Waals surface area (Å²) in [4.78, 5) is 24.0. The molecule has 0 aromatic rings. The summed E-state index contributed by atoms with van der Waals surface area (Å²) in [6.45, 7) is 4.98. The van der Waals surface area contributed by atoms with Crippen molar-refractivity contribution in [1.82, 2.24) is 5.32 Å². The van der Waals surface area contributed by atoms with Crippen LogP contribution in [-0.2, 0) is 18.3 Å². The molecule has 0 heterocycles. The van der Waals surface area contributed by atoms with E-state index in [0.29, 0.717) is 24.0 Å². The molecule has 0 aromatic carbocycles. The van der Waals surface area contributed by atoms with Crippen LogP contribution in [0.5, 0.6) is 0 Å². The van der Waals surface area contributed by atoms with Crippen LogP contribution in [0, 0.1) is 0 Å². The molecule has 2 unspecified atom stereocenters. The third-order valence-corrected chi connectivity index (χ3v) is 7.95. The Bertz CT molecular complexity index is 615. The number of rotatable bonds is 28. The van der Waals surface area contributed by atoms with Crippen molar-refractivity contribution in [3.8, 4) is 0 Å². The molecule has 8 nitrogen and oxygen atoms in total. The molecular weight excluding hydrogens is 515 g/mol. The van der Waals surface area contributed by atoms with E-state index in [9.17, 15) is 14.3 Å². The minimum Gasteiger partial charge on any atom is -0.756 e. The lowest BCUT2D eigenvalue weighted by molar-refractivity contribution is -0.870. The van der Waals surface area contributed by atoms with Crippen molar-refractivity contribution in [2.75, 3.05) is 47.4 Å². The molecule has 0 aliphatic heterocycles. The first-order valence-corrected chi connectivity index (χ1v) is 17.4. The van der Waals surface area contributed by atoms with E-state index in [0.717, 1.165) is 19.3 Å². The van der Waals surface area contributed by atoms with E-state index in [-0.39, 0.29) is 13.2 Å². The van der Waals surface area contributed by atoms with E-state index in [1.54, 1.807) is 6.92 Å². The van der Waals surface area contributed by atoms with Crippen LogP contribution in [0.3, 0.4) is 0 Å². The Labute approximate surface area is 241 Å². The number of amides is 1. The first kappa shape index (κ1) is 38.3. The number of nitrogens with one attached hydrogen (secondary N) is 1. The minimum atomic E-state index is -4.48. The third-order valence-electron chi connectivity index (χ3n) is 6.89. The molecule has 0 aromatic heterocycles. The van der Waals surface area contributed by atoms with Crippen LogP contribution >= 0.6 is 7.82 Å². The zero-order chi connectivity index (χ0) is 29.2. The van der Waals surface area contributed by atoms with Gasteiger partial charge in [0.15, 0.2) is 0 Å². The molecule has 2 atom stereocenters. The monoisotopic (exact) mass is 578 g/mol. The summed E-state index contributed by atoms with van der Waals surface area (Å²) < 4.78 is 28.4. The SMILES string of the molecule is CCCCCCCCCCCCCCCCCCCCC(COC(=O)NCC)OP(=O)([O-])OCC[N+](C)(C)C. The highest BCUT2D eigenvalue weighted by atomic mass is 31.2. The summed E-state index contributed by atoms with van der Waals surface area (Å²) in [6, 6.07) is 0. The second-order valence-corrected chi connectivity index (χ2v) is 13.3. The van der Waals surface area contributed by atoms with Gasteiger partial charge in [0.05, 0.1) is 21.1 Å². The van der Waals surface area contributed by atoms with Crippen LogP contribution in [0.1, 0.15) is 136 Å². The van der Waals surface area contributed by atoms with Crippen LogP contribution < -0.4 is 10.2 Å². The number of quaternary nitrogens is 1. The van der Waals surface area contributed by atoms with E-state index in [4.69, 9.17) is 13.8 Å². The molecule has 234 valence electrons. The van der Waals surface area contributed by atoms with Gasteiger partial charge >= 0.3 is 6.09 Å². The number of unbranched alkanes of at least 4 members (excludes halogenated alkanes) is 17. The van der Waals surface area contributed by atoms with Gasteiger partial charge < -0.3 is 28.5 Å². The molecule has 0 saturated carbocycles. The maximum absolute atomic E-state index is 12.3. The van der Waals surface area contributed by atoms with Crippen molar-refractivity contribution in [2.45, 2.75) is 142 Å². The zero-order valence-electron chi connectivity index (χ0n) is 26.2. The van der Waals surface area contributed by atoms with Crippen LogP contribution in [0.4, 0.5) is 4.79 Å².